The van der Waals surface area contributed by atoms with Crippen molar-refractivity contribution < 1.29 is 23.4 Å². The second-order valence-corrected chi connectivity index (χ2v) is 20.6. The zero-order valence-electron chi connectivity index (χ0n) is 25.9. The third-order valence-electron chi connectivity index (χ3n) is 6.34. The second kappa shape index (κ2) is 13.9. The van der Waals surface area contributed by atoms with Gasteiger partial charge in [0.2, 0.25) is 8.32 Å². The maximum absolute atomic E-state index is 9.48. The van der Waals surface area contributed by atoms with Gasteiger partial charge in [0.1, 0.15) is 40.6 Å². The molecule has 0 amide bonds. The molecule has 43 heavy (non-hydrogen) atoms. The fraction of sp³-hybridized carbons (Fsp3) is 0.235. The Hall–Kier alpha value is -4.19. The zero-order valence-corrected chi connectivity index (χ0v) is 27.9. The standard InChI is InChI=1S/C34H40N2O5Si2/c1-38-33-20-27(12-18-31(33)35-22-25-8-14-29(37)15-9-25)28-13-19-32(34(21-28)39-2)36-23-26-10-16-30(17-11-26)40-24-43(6,7)41-42(3,4)5/h8-23,37H,24H2,1-7H3. The molecule has 0 radical (unpaired) electrons. The Morgan fingerprint density at radius 2 is 1.12 bits per heavy atom. The molecule has 4 aromatic carbocycles. The van der Waals surface area contributed by atoms with Crippen LogP contribution in [0.2, 0.25) is 32.7 Å². The van der Waals surface area contributed by atoms with Crippen molar-refractivity contribution in [2.75, 3.05) is 20.4 Å². The molecule has 0 aromatic heterocycles. The Bertz CT molecular complexity index is 1580. The average molecular weight is 613 g/mol. The fourth-order valence-electron chi connectivity index (χ4n) is 4.54. The van der Waals surface area contributed by atoms with Gasteiger partial charge in [-0.15, -0.1) is 0 Å². The van der Waals surface area contributed by atoms with Crippen LogP contribution in [-0.2, 0) is 4.12 Å². The summed E-state index contributed by atoms with van der Waals surface area (Å²) in [5.41, 5.74) is 5.20. The lowest BCUT2D eigenvalue weighted by molar-refractivity contribution is 0.352. The number of hydrogen-bond donors (Lipinski definition) is 1. The van der Waals surface area contributed by atoms with Crippen molar-refractivity contribution in [1.29, 1.82) is 0 Å². The largest absolute Gasteiger partial charge is 0.508 e. The van der Waals surface area contributed by atoms with E-state index >= 15 is 0 Å². The van der Waals surface area contributed by atoms with Gasteiger partial charge in [-0.1, -0.05) is 12.1 Å². The highest BCUT2D eigenvalue weighted by Gasteiger charge is 2.30. The number of rotatable bonds is 12. The second-order valence-electron chi connectivity index (χ2n) is 11.7. The van der Waals surface area contributed by atoms with Crippen LogP contribution in [0.1, 0.15) is 11.1 Å². The molecule has 0 aliphatic heterocycles. The Morgan fingerprint density at radius 3 is 1.56 bits per heavy atom. The Labute approximate surface area is 256 Å². The lowest BCUT2D eigenvalue weighted by Crippen LogP contribution is -2.46. The third-order valence-corrected chi connectivity index (χ3v) is 11.8. The first kappa shape index (κ1) is 31.7. The molecule has 0 aliphatic carbocycles. The van der Waals surface area contributed by atoms with Crippen LogP contribution < -0.4 is 14.2 Å². The van der Waals surface area contributed by atoms with Gasteiger partial charge in [-0.25, -0.2) is 0 Å². The molecule has 9 heteroatoms. The number of aliphatic imine (C=N–C) groups is 2. The minimum atomic E-state index is -1.88. The first-order valence-electron chi connectivity index (χ1n) is 14.1. The highest BCUT2D eigenvalue weighted by molar-refractivity contribution is 6.84. The smallest absolute Gasteiger partial charge is 0.213 e. The first-order chi connectivity index (χ1) is 20.4. The molecule has 7 nitrogen and oxygen atoms in total. The van der Waals surface area contributed by atoms with Gasteiger partial charge >= 0.3 is 0 Å². The van der Waals surface area contributed by atoms with Crippen molar-refractivity contribution in [2.45, 2.75) is 32.7 Å². The molecular formula is C34H40N2O5Si2. The van der Waals surface area contributed by atoms with Crippen LogP contribution in [-0.4, -0.2) is 54.6 Å². The summed E-state index contributed by atoms with van der Waals surface area (Å²) in [6.45, 7) is 11.0. The number of methoxy groups -OCH3 is 2. The van der Waals surface area contributed by atoms with Crippen LogP contribution in [0.3, 0.4) is 0 Å². The highest BCUT2D eigenvalue weighted by atomic mass is 28.4. The van der Waals surface area contributed by atoms with Crippen LogP contribution in [0.15, 0.2) is 94.9 Å². The summed E-state index contributed by atoms with van der Waals surface area (Å²) in [5.74, 6) is 2.36. The third kappa shape index (κ3) is 9.40. The summed E-state index contributed by atoms with van der Waals surface area (Å²) < 4.78 is 23.7. The van der Waals surface area contributed by atoms with Crippen molar-refractivity contribution in [2.24, 2.45) is 9.98 Å². The lowest BCUT2D eigenvalue weighted by atomic mass is 10.0. The molecule has 0 spiro atoms. The van der Waals surface area contributed by atoms with Crippen molar-refractivity contribution in [1.82, 2.24) is 0 Å². The van der Waals surface area contributed by atoms with Crippen molar-refractivity contribution >= 4 is 40.4 Å². The van der Waals surface area contributed by atoms with Crippen molar-refractivity contribution in [3.05, 3.63) is 96.1 Å². The molecule has 4 rings (SSSR count). The normalized spacial score (nSPS) is 12.2. The first-order valence-corrected chi connectivity index (χ1v) is 20.6. The number of nitrogens with zero attached hydrogens (tertiary/aromatic N) is 2. The Kier molecular flexibility index (Phi) is 10.2. The molecule has 0 unspecified atom stereocenters. The number of ether oxygens (including phenoxy) is 3. The molecule has 0 bridgehead atoms. The van der Waals surface area contributed by atoms with Gasteiger partial charge in [0, 0.05) is 12.4 Å². The number of phenols is 1. The van der Waals surface area contributed by atoms with Gasteiger partial charge in [-0.3, -0.25) is 9.98 Å². The predicted molar refractivity (Wildman–Crippen MR) is 181 cm³/mol. The zero-order chi connectivity index (χ0) is 31.0. The maximum Gasteiger partial charge on any atom is 0.213 e. The quantitative estimate of drug-likeness (QED) is 0.128. The van der Waals surface area contributed by atoms with Crippen LogP contribution >= 0.6 is 0 Å². The summed E-state index contributed by atoms with van der Waals surface area (Å²) in [6.07, 6.45) is 4.17. The van der Waals surface area contributed by atoms with E-state index in [1.54, 1.807) is 44.7 Å². The molecule has 224 valence electrons. The van der Waals surface area contributed by atoms with Gasteiger partial charge in [0.25, 0.3) is 0 Å². The van der Waals surface area contributed by atoms with E-state index in [2.05, 4.69) is 42.7 Å². The number of phenolic OH excluding ortho intramolecular Hbond substituents is 1. The Balaban J connectivity index is 1.44. The van der Waals surface area contributed by atoms with Gasteiger partial charge < -0.3 is 23.4 Å². The summed E-state index contributed by atoms with van der Waals surface area (Å²) in [6, 6.07) is 26.5. The number of benzene rings is 4. The summed E-state index contributed by atoms with van der Waals surface area (Å²) in [5, 5.41) is 9.48. The average Bonchev–Trinajstić information content (AvgIpc) is 2.98. The molecule has 0 saturated carbocycles. The molecule has 1 N–H and O–H groups in total. The summed E-state index contributed by atoms with van der Waals surface area (Å²) in [7, 11) is -0.212. The van der Waals surface area contributed by atoms with E-state index in [1.165, 1.54) is 0 Å². The van der Waals surface area contributed by atoms with Gasteiger partial charge in [0.05, 0.1) is 14.2 Å². The minimum absolute atomic E-state index is 0.218. The monoisotopic (exact) mass is 612 g/mol. The molecule has 0 saturated heterocycles. The fourth-order valence-corrected chi connectivity index (χ4v) is 11.9. The van der Waals surface area contributed by atoms with Gasteiger partial charge in [-0.2, -0.15) is 0 Å². The number of aromatic hydroxyl groups is 1. The van der Waals surface area contributed by atoms with E-state index in [1.807, 2.05) is 66.9 Å². The minimum Gasteiger partial charge on any atom is -0.508 e. The van der Waals surface area contributed by atoms with Crippen LogP contribution in [0.4, 0.5) is 11.4 Å². The molecule has 0 fully saturated rings. The van der Waals surface area contributed by atoms with Gasteiger partial charge in [-0.05, 0) is 128 Å². The topological polar surface area (TPSA) is 81.9 Å². The van der Waals surface area contributed by atoms with Crippen LogP contribution in [0, 0.1) is 0 Å². The number of hydrogen-bond acceptors (Lipinski definition) is 7. The van der Waals surface area contributed by atoms with E-state index in [0.717, 1.165) is 33.7 Å². The summed E-state index contributed by atoms with van der Waals surface area (Å²) >= 11 is 0. The summed E-state index contributed by atoms with van der Waals surface area (Å²) in [4.78, 5) is 9.25. The molecule has 0 aliphatic rings. The molecule has 4 aromatic rings. The van der Waals surface area contributed by atoms with E-state index in [0.29, 0.717) is 23.4 Å². The molecule has 0 atom stereocenters. The van der Waals surface area contributed by atoms with E-state index < -0.39 is 16.6 Å². The van der Waals surface area contributed by atoms with E-state index in [-0.39, 0.29) is 5.75 Å². The molecule has 0 heterocycles. The van der Waals surface area contributed by atoms with Crippen molar-refractivity contribution in [3.63, 3.8) is 0 Å². The van der Waals surface area contributed by atoms with Crippen molar-refractivity contribution in [3.8, 4) is 34.1 Å². The van der Waals surface area contributed by atoms with Crippen LogP contribution in [0.25, 0.3) is 11.1 Å². The SMILES string of the molecule is COc1cc(-c2ccc(N=Cc3ccc(OC[Si](C)(C)O[Si](C)(C)C)cc3)c(OC)c2)ccc1N=Cc1ccc(O)cc1. The highest BCUT2D eigenvalue weighted by Crippen LogP contribution is 2.37. The maximum atomic E-state index is 9.48. The van der Waals surface area contributed by atoms with Gasteiger partial charge in [0.15, 0.2) is 8.32 Å². The lowest BCUT2D eigenvalue weighted by Gasteiger charge is -2.31. The van der Waals surface area contributed by atoms with E-state index in [4.69, 9.17) is 18.3 Å². The predicted octanol–water partition coefficient (Wildman–Crippen LogP) is 8.55. The van der Waals surface area contributed by atoms with Crippen LogP contribution in [0.5, 0.6) is 23.0 Å². The molecular weight excluding hydrogens is 573 g/mol. The van der Waals surface area contributed by atoms with E-state index in [9.17, 15) is 5.11 Å². The Morgan fingerprint density at radius 1 is 0.651 bits per heavy atom.